The standard InChI is InChI=1S/C20H29N3O6/c1-13-6-4-5-7-17(13)22-19(24)14(2)29-20(25)16-12-15(23(26)27)8-9-18(16)21-10-11-28-3/h8-9,12-14,17,21H,4-7,10-11H2,1-3H3,(H,22,24)/t13-,14-,17+/m1/s1. The Morgan fingerprint density at radius 2 is 2.03 bits per heavy atom. The van der Waals surface area contributed by atoms with Crippen molar-refractivity contribution in [1.29, 1.82) is 0 Å². The molecule has 1 aliphatic rings. The Bertz CT molecular complexity index is 739. The predicted octanol–water partition coefficient (Wildman–Crippen LogP) is 2.89. The molecule has 160 valence electrons. The fourth-order valence-electron chi connectivity index (χ4n) is 3.36. The van der Waals surface area contributed by atoms with Gasteiger partial charge in [-0.25, -0.2) is 4.79 Å². The molecule has 0 aromatic heterocycles. The summed E-state index contributed by atoms with van der Waals surface area (Å²) in [5.74, 6) is -0.784. The third kappa shape index (κ3) is 6.42. The van der Waals surface area contributed by atoms with Crippen LogP contribution in [0.25, 0.3) is 0 Å². The Kier molecular flexibility index (Phi) is 8.38. The first-order valence-electron chi connectivity index (χ1n) is 9.86. The molecule has 9 nitrogen and oxygen atoms in total. The summed E-state index contributed by atoms with van der Waals surface area (Å²) in [5, 5.41) is 17.0. The SMILES string of the molecule is COCCNc1ccc([N+](=O)[O-])cc1C(=O)O[C@H](C)C(=O)N[C@H]1CCCC[C@H]1C. The second-order valence-electron chi connectivity index (χ2n) is 7.33. The number of rotatable bonds is 9. The number of esters is 1. The molecule has 1 aromatic rings. The third-order valence-electron chi connectivity index (χ3n) is 5.15. The number of amides is 1. The molecule has 0 spiro atoms. The third-order valence-corrected chi connectivity index (χ3v) is 5.15. The summed E-state index contributed by atoms with van der Waals surface area (Å²) in [6.45, 7) is 4.39. The van der Waals surface area contributed by atoms with Gasteiger partial charge >= 0.3 is 5.97 Å². The van der Waals surface area contributed by atoms with E-state index < -0.39 is 17.0 Å². The molecule has 1 saturated carbocycles. The topological polar surface area (TPSA) is 120 Å². The van der Waals surface area contributed by atoms with Gasteiger partial charge in [-0.3, -0.25) is 14.9 Å². The molecular formula is C20H29N3O6. The molecule has 3 atom stereocenters. The number of hydrogen-bond acceptors (Lipinski definition) is 7. The second-order valence-corrected chi connectivity index (χ2v) is 7.33. The molecule has 0 unspecified atom stereocenters. The molecule has 1 fully saturated rings. The molecule has 1 aliphatic carbocycles. The molecule has 2 rings (SSSR count). The van der Waals surface area contributed by atoms with E-state index >= 15 is 0 Å². The first-order chi connectivity index (χ1) is 13.8. The van der Waals surface area contributed by atoms with Crippen molar-refractivity contribution in [2.45, 2.75) is 51.7 Å². The van der Waals surface area contributed by atoms with Gasteiger partial charge in [0.25, 0.3) is 11.6 Å². The second kappa shape index (κ2) is 10.8. The number of carbonyl (C=O) groups excluding carboxylic acids is 2. The molecule has 29 heavy (non-hydrogen) atoms. The highest BCUT2D eigenvalue weighted by atomic mass is 16.6. The van der Waals surface area contributed by atoms with E-state index in [2.05, 4.69) is 17.6 Å². The minimum Gasteiger partial charge on any atom is -0.449 e. The average molecular weight is 407 g/mol. The van der Waals surface area contributed by atoms with Gasteiger partial charge < -0.3 is 20.1 Å². The highest BCUT2D eigenvalue weighted by Gasteiger charge is 2.27. The number of nitro benzene ring substituents is 1. The molecule has 2 N–H and O–H groups in total. The van der Waals surface area contributed by atoms with E-state index in [4.69, 9.17) is 9.47 Å². The van der Waals surface area contributed by atoms with Crippen LogP contribution < -0.4 is 10.6 Å². The van der Waals surface area contributed by atoms with E-state index in [9.17, 15) is 19.7 Å². The molecule has 0 bridgehead atoms. The van der Waals surface area contributed by atoms with Gasteiger partial charge in [0.2, 0.25) is 0 Å². The fraction of sp³-hybridized carbons (Fsp3) is 0.600. The summed E-state index contributed by atoms with van der Waals surface area (Å²) >= 11 is 0. The van der Waals surface area contributed by atoms with Crippen LogP contribution in [0, 0.1) is 16.0 Å². The van der Waals surface area contributed by atoms with Crippen molar-refractivity contribution in [3.63, 3.8) is 0 Å². The number of carbonyl (C=O) groups is 2. The number of hydrogen-bond donors (Lipinski definition) is 2. The van der Waals surface area contributed by atoms with Gasteiger partial charge in [-0.15, -0.1) is 0 Å². The van der Waals surface area contributed by atoms with Crippen molar-refractivity contribution in [1.82, 2.24) is 5.32 Å². The Balaban J connectivity index is 2.07. The van der Waals surface area contributed by atoms with Gasteiger partial charge in [-0.2, -0.15) is 0 Å². The summed E-state index contributed by atoms with van der Waals surface area (Å²) < 4.78 is 10.3. The maximum atomic E-state index is 12.6. The summed E-state index contributed by atoms with van der Waals surface area (Å²) in [5.41, 5.74) is 0.148. The monoisotopic (exact) mass is 407 g/mol. The zero-order chi connectivity index (χ0) is 21.4. The van der Waals surface area contributed by atoms with Crippen LogP contribution >= 0.6 is 0 Å². The summed E-state index contributed by atoms with van der Waals surface area (Å²) in [7, 11) is 1.54. The van der Waals surface area contributed by atoms with Crippen LogP contribution in [-0.4, -0.2) is 49.2 Å². The highest BCUT2D eigenvalue weighted by molar-refractivity contribution is 5.98. The first-order valence-corrected chi connectivity index (χ1v) is 9.86. The van der Waals surface area contributed by atoms with Gasteiger partial charge in [0.1, 0.15) is 0 Å². The summed E-state index contributed by atoms with van der Waals surface area (Å²) in [4.78, 5) is 35.6. The molecule has 0 aliphatic heterocycles. The first kappa shape index (κ1) is 22.6. The normalized spacial score (nSPS) is 19.8. The zero-order valence-corrected chi connectivity index (χ0v) is 17.1. The lowest BCUT2D eigenvalue weighted by molar-refractivity contribution is -0.384. The molecule has 1 aromatic carbocycles. The summed E-state index contributed by atoms with van der Waals surface area (Å²) in [6.07, 6.45) is 3.18. The molecule has 9 heteroatoms. The molecule has 1 amide bonds. The molecule has 0 saturated heterocycles. The number of anilines is 1. The smallest absolute Gasteiger partial charge is 0.341 e. The maximum Gasteiger partial charge on any atom is 0.341 e. The largest absolute Gasteiger partial charge is 0.449 e. The van der Waals surface area contributed by atoms with Crippen LogP contribution in [-0.2, 0) is 14.3 Å². The fourth-order valence-corrected chi connectivity index (χ4v) is 3.36. The van der Waals surface area contributed by atoms with Gasteiger partial charge in [0, 0.05) is 37.5 Å². The molecule has 0 radical (unpaired) electrons. The lowest BCUT2D eigenvalue weighted by atomic mass is 9.86. The van der Waals surface area contributed by atoms with Crippen molar-refractivity contribution in [3.8, 4) is 0 Å². The lowest BCUT2D eigenvalue weighted by Crippen LogP contribution is -2.46. The van der Waals surface area contributed by atoms with Gasteiger partial charge in [0.05, 0.1) is 17.1 Å². The Hall–Kier alpha value is -2.68. The van der Waals surface area contributed by atoms with Crippen LogP contribution in [0.2, 0.25) is 0 Å². The van der Waals surface area contributed by atoms with E-state index in [-0.39, 0.29) is 23.2 Å². The van der Waals surface area contributed by atoms with Crippen LogP contribution in [0.5, 0.6) is 0 Å². The van der Waals surface area contributed by atoms with Crippen molar-refractivity contribution in [2.24, 2.45) is 5.92 Å². The Morgan fingerprint density at radius 3 is 2.69 bits per heavy atom. The van der Waals surface area contributed by atoms with Crippen LogP contribution in [0.1, 0.15) is 49.9 Å². The van der Waals surface area contributed by atoms with E-state index in [0.717, 1.165) is 31.7 Å². The van der Waals surface area contributed by atoms with Crippen molar-refractivity contribution < 1.29 is 24.0 Å². The zero-order valence-electron chi connectivity index (χ0n) is 17.1. The average Bonchev–Trinajstić information content (AvgIpc) is 2.69. The van der Waals surface area contributed by atoms with Crippen LogP contribution in [0.4, 0.5) is 11.4 Å². The minimum atomic E-state index is -1.01. The van der Waals surface area contributed by atoms with E-state index in [0.29, 0.717) is 24.8 Å². The summed E-state index contributed by atoms with van der Waals surface area (Å²) in [6, 6.07) is 3.96. The molecule has 0 heterocycles. The minimum absolute atomic E-state index is 0.000914. The van der Waals surface area contributed by atoms with E-state index in [1.165, 1.54) is 19.1 Å². The van der Waals surface area contributed by atoms with E-state index in [1.54, 1.807) is 7.11 Å². The lowest BCUT2D eigenvalue weighted by Gasteiger charge is -2.30. The van der Waals surface area contributed by atoms with E-state index in [1.807, 2.05) is 0 Å². The van der Waals surface area contributed by atoms with Crippen LogP contribution in [0.15, 0.2) is 18.2 Å². The van der Waals surface area contributed by atoms with Crippen LogP contribution in [0.3, 0.4) is 0 Å². The number of nitrogens with zero attached hydrogens (tertiary/aromatic N) is 1. The van der Waals surface area contributed by atoms with Crippen molar-refractivity contribution >= 4 is 23.3 Å². The number of benzene rings is 1. The molecular weight excluding hydrogens is 378 g/mol. The van der Waals surface area contributed by atoms with Gasteiger partial charge in [-0.05, 0) is 31.7 Å². The highest BCUT2D eigenvalue weighted by Crippen LogP contribution is 2.25. The number of non-ortho nitro benzene ring substituents is 1. The number of nitro groups is 1. The van der Waals surface area contributed by atoms with Crippen molar-refractivity contribution in [3.05, 3.63) is 33.9 Å². The Labute approximate surface area is 170 Å². The maximum absolute atomic E-state index is 12.6. The van der Waals surface area contributed by atoms with Gasteiger partial charge in [-0.1, -0.05) is 19.8 Å². The number of ether oxygens (including phenoxy) is 2. The predicted molar refractivity (Wildman–Crippen MR) is 108 cm³/mol. The quantitative estimate of drug-likeness (QED) is 0.279. The number of methoxy groups -OCH3 is 1. The van der Waals surface area contributed by atoms with Crippen molar-refractivity contribution in [2.75, 3.05) is 25.6 Å². The number of nitrogens with one attached hydrogen (secondary N) is 2. The Morgan fingerprint density at radius 1 is 1.31 bits per heavy atom. The van der Waals surface area contributed by atoms with Gasteiger partial charge in [0.15, 0.2) is 6.10 Å².